The Morgan fingerprint density at radius 2 is 1.68 bits per heavy atom. The van der Waals surface area contributed by atoms with Crippen molar-refractivity contribution < 1.29 is 28.0 Å². The molecule has 0 aliphatic rings. The van der Waals surface area contributed by atoms with E-state index in [4.69, 9.17) is 53.2 Å². The third kappa shape index (κ3) is 15.2. The number of hydrogen-bond acceptors (Lipinski definition) is 4. The monoisotopic (exact) mass is 349 g/mol. The van der Waals surface area contributed by atoms with E-state index in [0.717, 1.165) is 0 Å². The smallest absolute Gasteiger partial charge is 0.318 e. The summed E-state index contributed by atoms with van der Waals surface area (Å²) in [4.78, 5) is 19.8. The highest BCUT2D eigenvalue weighted by atomic mass is 35.5. The molecule has 19 heavy (non-hydrogen) atoms. The van der Waals surface area contributed by atoms with Crippen LogP contribution in [0.3, 0.4) is 0 Å². The number of carboxylic acids is 1. The fourth-order valence-electron chi connectivity index (χ4n) is 0.621. The third-order valence-corrected chi connectivity index (χ3v) is 1.96. The second-order valence-corrected chi connectivity index (χ2v) is 3.95. The van der Waals surface area contributed by atoms with Crippen LogP contribution >= 0.6 is 34.8 Å². The first kappa shape index (κ1) is 20.6. The molecule has 1 aromatic carbocycles. The molecule has 2 N–H and O–H groups in total. The van der Waals surface area contributed by atoms with Gasteiger partial charge in [-0.3, -0.25) is 9.59 Å². The van der Waals surface area contributed by atoms with Crippen molar-refractivity contribution in [3.05, 3.63) is 34.9 Å². The molecule has 0 saturated carbocycles. The molecule has 1 atom stereocenters. The zero-order chi connectivity index (χ0) is 15.4. The highest BCUT2D eigenvalue weighted by molar-refractivity contribution is 7.73. The van der Waals surface area contributed by atoms with Crippen molar-refractivity contribution in [3.8, 4) is 0 Å². The molecule has 6 nitrogen and oxygen atoms in total. The van der Waals surface area contributed by atoms with Crippen LogP contribution in [-0.2, 0) is 16.2 Å². The Hall–Kier alpha value is -0.700. The van der Waals surface area contributed by atoms with Crippen LogP contribution in [0.5, 0.6) is 0 Å². The normalized spacial score (nSPS) is 10.2. The van der Waals surface area contributed by atoms with E-state index < -0.39 is 22.6 Å². The zero-order valence-electron chi connectivity index (χ0n) is 9.09. The number of hydrogen-bond donors (Lipinski definition) is 2. The summed E-state index contributed by atoms with van der Waals surface area (Å²) in [7, 11) is 0. The molecular weight excluding hydrogens is 343 g/mol. The standard InChI is InChI=1S/C7H4Cl2O.C2H3ClO2.H2O3S/c8-6-4-2-1-3-5(6)7(9)10;3-1-2(4)5;1-4(2)3/h1-4H;1H2,(H,4,5);(H2,1,2,3)/p-1. The molecule has 108 valence electrons. The second kappa shape index (κ2) is 12.3. The number of halogens is 3. The maximum absolute atomic E-state index is 10.5. The van der Waals surface area contributed by atoms with E-state index in [1.165, 1.54) is 0 Å². The number of alkyl halides is 1. The Morgan fingerprint density at radius 1 is 1.32 bits per heavy atom. The summed E-state index contributed by atoms with van der Waals surface area (Å²) in [6.07, 6.45) is 0. The van der Waals surface area contributed by atoms with Gasteiger partial charge in [-0.05, 0) is 23.7 Å². The molecule has 1 unspecified atom stereocenters. The van der Waals surface area contributed by atoms with Crippen molar-refractivity contribution >= 4 is 57.4 Å². The lowest BCUT2D eigenvalue weighted by Gasteiger charge is -1.93. The van der Waals surface area contributed by atoms with Crippen molar-refractivity contribution in [3.63, 3.8) is 0 Å². The molecule has 0 aliphatic heterocycles. The first-order chi connectivity index (χ1) is 8.72. The van der Waals surface area contributed by atoms with Crippen LogP contribution < -0.4 is 0 Å². The summed E-state index contributed by atoms with van der Waals surface area (Å²) >= 11 is 12.7. The highest BCUT2D eigenvalue weighted by Gasteiger charge is 2.03. The van der Waals surface area contributed by atoms with Gasteiger partial charge in [0.05, 0.1) is 21.9 Å². The van der Waals surface area contributed by atoms with Gasteiger partial charge in [-0.2, -0.15) is 0 Å². The molecule has 1 aromatic rings. The molecule has 0 aliphatic carbocycles. The quantitative estimate of drug-likeness (QED) is 0.481. The van der Waals surface area contributed by atoms with Crippen molar-refractivity contribution in [2.24, 2.45) is 0 Å². The predicted octanol–water partition coefficient (Wildman–Crippen LogP) is 2.37. The summed E-state index contributed by atoms with van der Waals surface area (Å²) in [5.41, 5.74) is 0.353. The molecule has 0 fully saturated rings. The van der Waals surface area contributed by atoms with Gasteiger partial charge in [0.15, 0.2) is 0 Å². The lowest BCUT2D eigenvalue weighted by atomic mass is 10.2. The van der Waals surface area contributed by atoms with Gasteiger partial charge in [-0.1, -0.05) is 23.7 Å². The molecule has 0 bridgehead atoms. The van der Waals surface area contributed by atoms with Gasteiger partial charge in [-0.15, -0.1) is 11.6 Å². The largest absolute Gasteiger partial charge is 0.750 e. The van der Waals surface area contributed by atoms with Crippen molar-refractivity contribution in [2.75, 3.05) is 5.88 Å². The minimum atomic E-state index is -2.86. The van der Waals surface area contributed by atoms with Gasteiger partial charge in [0.2, 0.25) is 0 Å². The van der Waals surface area contributed by atoms with Gasteiger partial charge < -0.3 is 14.2 Å². The van der Waals surface area contributed by atoms with Gasteiger partial charge in [0.1, 0.15) is 5.88 Å². The van der Waals surface area contributed by atoms with E-state index in [-0.39, 0.29) is 5.88 Å². The summed E-state index contributed by atoms with van der Waals surface area (Å²) < 4.78 is 24.1. The SMILES string of the molecule is O=C(Cl)c1ccccc1Cl.O=C(O)CCl.O=S([O-])O. The first-order valence-electron chi connectivity index (χ1n) is 4.22. The Kier molecular flexibility index (Phi) is 13.4. The number of benzene rings is 1. The second-order valence-electron chi connectivity index (χ2n) is 2.50. The fraction of sp³-hybridized carbons (Fsp3) is 0.111. The van der Waals surface area contributed by atoms with Crippen molar-refractivity contribution in [1.29, 1.82) is 0 Å². The Morgan fingerprint density at radius 3 is 1.89 bits per heavy atom. The Bertz CT molecular complexity index is 436. The predicted molar refractivity (Wildman–Crippen MR) is 71.5 cm³/mol. The Balaban J connectivity index is 0. The van der Waals surface area contributed by atoms with Crippen LogP contribution in [0.25, 0.3) is 0 Å². The summed E-state index contributed by atoms with van der Waals surface area (Å²) in [6, 6.07) is 6.65. The molecule has 1 rings (SSSR count). The molecule has 0 aromatic heterocycles. The number of aliphatic carboxylic acids is 1. The van der Waals surface area contributed by atoms with E-state index in [1.807, 2.05) is 0 Å². The van der Waals surface area contributed by atoms with Crippen LogP contribution in [0.2, 0.25) is 5.02 Å². The average molecular weight is 351 g/mol. The molecular formula is C9H8Cl3O6S-. The van der Waals surface area contributed by atoms with Crippen LogP contribution in [0.4, 0.5) is 0 Å². The third-order valence-electron chi connectivity index (χ3n) is 1.20. The minimum Gasteiger partial charge on any atom is -0.750 e. The summed E-state index contributed by atoms with van der Waals surface area (Å²) in [6.45, 7) is 0. The zero-order valence-corrected chi connectivity index (χ0v) is 12.2. The molecule has 0 spiro atoms. The van der Waals surface area contributed by atoms with Gasteiger partial charge in [0.25, 0.3) is 5.24 Å². The highest BCUT2D eigenvalue weighted by Crippen LogP contribution is 2.16. The molecule has 0 amide bonds. The van der Waals surface area contributed by atoms with Crippen LogP contribution in [-0.4, -0.2) is 35.5 Å². The van der Waals surface area contributed by atoms with Crippen molar-refractivity contribution in [1.82, 2.24) is 0 Å². The van der Waals surface area contributed by atoms with Gasteiger partial charge in [0, 0.05) is 0 Å². The van der Waals surface area contributed by atoms with E-state index in [1.54, 1.807) is 24.3 Å². The average Bonchev–Trinajstić information content (AvgIpc) is 2.29. The lowest BCUT2D eigenvalue weighted by molar-refractivity contribution is -0.134. The van der Waals surface area contributed by atoms with E-state index in [9.17, 15) is 9.59 Å². The summed E-state index contributed by atoms with van der Waals surface area (Å²) in [5, 5.41) is 7.46. The molecule has 0 radical (unpaired) electrons. The fourth-order valence-corrected chi connectivity index (χ4v) is 1.06. The maximum Gasteiger partial charge on any atom is 0.318 e. The van der Waals surface area contributed by atoms with E-state index >= 15 is 0 Å². The number of carbonyl (C=O) groups excluding carboxylic acids is 1. The minimum absolute atomic E-state index is 0.306. The number of rotatable bonds is 2. The first-order valence-corrected chi connectivity index (χ1v) is 6.55. The number of carboxylic acid groups (broad SMARTS) is 1. The van der Waals surface area contributed by atoms with Crippen LogP contribution in [0, 0.1) is 0 Å². The number of carbonyl (C=O) groups is 2. The van der Waals surface area contributed by atoms with Gasteiger partial charge in [-0.25, -0.2) is 4.21 Å². The molecule has 0 heterocycles. The van der Waals surface area contributed by atoms with Crippen molar-refractivity contribution in [2.45, 2.75) is 0 Å². The van der Waals surface area contributed by atoms with E-state index in [0.29, 0.717) is 10.6 Å². The Labute approximate surface area is 126 Å². The van der Waals surface area contributed by atoms with Crippen LogP contribution in [0.15, 0.2) is 24.3 Å². The molecule has 10 heteroatoms. The topological polar surface area (TPSA) is 115 Å². The van der Waals surface area contributed by atoms with Gasteiger partial charge >= 0.3 is 5.97 Å². The van der Waals surface area contributed by atoms with E-state index in [2.05, 4.69) is 0 Å². The molecule has 0 saturated heterocycles. The summed E-state index contributed by atoms with van der Waals surface area (Å²) in [5.74, 6) is -1.29. The van der Waals surface area contributed by atoms with Crippen LogP contribution in [0.1, 0.15) is 10.4 Å². The lowest BCUT2D eigenvalue weighted by Crippen LogP contribution is -1.92. The maximum atomic E-state index is 10.5.